The number of anilines is 1. The highest BCUT2D eigenvalue weighted by Gasteiger charge is 2.24. The Hall–Kier alpha value is -1.67. The van der Waals surface area contributed by atoms with Crippen LogP contribution >= 0.6 is 0 Å². The Labute approximate surface area is 110 Å². The fourth-order valence-corrected chi connectivity index (χ4v) is 2.42. The minimum atomic E-state index is -3.92. The van der Waals surface area contributed by atoms with Gasteiger partial charge in [-0.3, -0.25) is 4.79 Å². The Kier molecular flexibility index (Phi) is 3.72. The third kappa shape index (κ3) is 3.65. The molecule has 1 aromatic carbocycles. The number of halogens is 1. The molecule has 1 aliphatic carbocycles. The van der Waals surface area contributed by atoms with Crippen molar-refractivity contribution in [3.8, 4) is 0 Å². The summed E-state index contributed by atoms with van der Waals surface area (Å²) in [6, 6.07) is 3.32. The zero-order valence-corrected chi connectivity index (χ0v) is 10.8. The van der Waals surface area contributed by atoms with Crippen molar-refractivity contribution in [3.05, 3.63) is 24.0 Å². The Morgan fingerprint density at radius 2 is 2.11 bits per heavy atom. The van der Waals surface area contributed by atoms with E-state index in [4.69, 9.17) is 5.73 Å². The summed E-state index contributed by atoms with van der Waals surface area (Å²) in [6.07, 6.45) is 1.84. The second-order valence-electron chi connectivity index (χ2n) is 4.35. The van der Waals surface area contributed by atoms with E-state index < -0.39 is 21.7 Å². The van der Waals surface area contributed by atoms with E-state index in [-0.39, 0.29) is 23.2 Å². The quantitative estimate of drug-likeness (QED) is 0.662. The van der Waals surface area contributed by atoms with Gasteiger partial charge in [0.2, 0.25) is 15.9 Å². The largest absolute Gasteiger partial charge is 0.396 e. The molecule has 19 heavy (non-hydrogen) atoms. The van der Waals surface area contributed by atoms with Crippen molar-refractivity contribution in [2.45, 2.75) is 23.8 Å². The van der Waals surface area contributed by atoms with Gasteiger partial charge in [0.25, 0.3) is 0 Å². The van der Waals surface area contributed by atoms with Gasteiger partial charge in [-0.1, -0.05) is 0 Å². The van der Waals surface area contributed by atoms with Crippen LogP contribution in [-0.2, 0) is 14.8 Å². The normalized spacial score (nSPS) is 15.2. The third-order valence-corrected chi connectivity index (χ3v) is 4.05. The minimum absolute atomic E-state index is 0.134. The second-order valence-corrected chi connectivity index (χ2v) is 6.12. The van der Waals surface area contributed by atoms with Gasteiger partial charge in [-0.05, 0) is 31.0 Å². The van der Waals surface area contributed by atoms with Crippen LogP contribution in [0.2, 0.25) is 0 Å². The van der Waals surface area contributed by atoms with Crippen molar-refractivity contribution in [2.24, 2.45) is 0 Å². The highest BCUT2D eigenvalue weighted by Crippen LogP contribution is 2.18. The Bertz CT molecular complexity index is 599. The summed E-state index contributed by atoms with van der Waals surface area (Å²) < 4.78 is 38.9. The van der Waals surface area contributed by atoms with Gasteiger partial charge in [0, 0.05) is 6.04 Å². The highest BCUT2D eigenvalue weighted by molar-refractivity contribution is 7.89. The fourth-order valence-electron chi connectivity index (χ4n) is 1.43. The van der Waals surface area contributed by atoms with E-state index >= 15 is 0 Å². The average molecular weight is 287 g/mol. The summed E-state index contributed by atoms with van der Waals surface area (Å²) >= 11 is 0. The van der Waals surface area contributed by atoms with Crippen LogP contribution in [0, 0.1) is 5.82 Å². The standard InChI is InChI=1S/C11H14FN3O3S/c12-9-5-8(3-4-10(9)13)19(17,18)14-6-11(16)15-7-1-2-7/h3-5,7,14H,1-2,6,13H2,(H,15,16). The molecule has 0 spiro atoms. The van der Waals surface area contributed by atoms with Gasteiger partial charge < -0.3 is 11.1 Å². The van der Waals surface area contributed by atoms with Gasteiger partial charge >= 0.3 is 0 Å². The van der Waals surface area contributed by atoms with E-state index in [9.17, 15) is 17.6 Å². The molecule has 1 aromatic rings. The van der Waals surface area contributed by atoms with Gasteiger partial charge in [0.15, 0.2) is 0 Å². The molecule has 0 bridgehead atoms. The van der Waals surface area contributed by atoms with Crippen LogP contribution in [0.15, 0.2) is 23.1 Å². The molecule has 0 saturated heterocycles. The smallest absolute Gasteiger partial charge is 0.241 e. The van der Waals surface area contributed by atoms with Gasteiger partial charge in [-0.2, -0.15) is 0 Å². The summed E-state index contributed by atoms with van der Waals surface area (Å²) in [5, 5.41) is 2.64. The monoisotopic (exact) mass is 287 g/mol. The van der Waals surface area contributed by atoms with Gasteiger partial charge in [0.05, 0.1) is 17.1 Å². The fraction of sp³-hybridized carbons (Fsp3) is 0.364. The SMILES string of the molecule is Nc1ccc(S(=O)(=O)NCC(=O)NC2CC2)cc1F. The number of carbonyl (C=O) groups is 1. The van der Waals surface area contributed by atoms with Gasteiger partial charge in [-0.25, -0.2) is 17.5 Å². The first-order chi connectivity index (χ1) is 8.88. The van der Waals surface area contributed by atoms with Crippen molar-refractivity contribution in [2.75, 3.05) is 12.3 Å². The molecule has 0 heterocycles. The molecule has 0 radical (unpaired) electrons. The first-order valence-corrected chi connectivity index (χ1v) is 7.21. The van der Waals surface area contributed by atoms with E-state index in [2.05, 4.69) is 10.0 Å². The van der Waals surface area contributed by atoms with E-state index in [1.807, 2.05) is 0 Å². The number of nitrogen functional groups attached to an aromatic ring is 1. The van der Waals surface area contributed by atoms with E-state index in [0.717, 1.165) is 25.0 Å². The maximum atomic E-state index is 13.2. The lowest BCUT2D eigenvalue weighted by atomic mass is 10.3. The van der Waals surface area contributed by atoms with E-state index in [0.29, 0.717) is 0 Å². The molecular formula is C11H14FN3O3S. The van der Waals surface area contributed by atoms with E-state index in [1.165, 1.54) is 6.07 Å². The van der Waals surface area contributed by atoms with Crippen LogP contribution in [0.3, 0.4) is 0 Å². The third-order valence-electron chi connectivity index (χ3n) is 2.65. The zero-order valence-electron chi connectivity index (χ0n) is 10.0. The molecule has 0 atom stereocenters. The van der Waals surface area contributed by atoms with Crippen molar-refractivity contribution in [1.82, 2.24) is 10.0 Å². The number of rotatable bonds is 5. The average Bonchev–Trinajstić information content (AvgIpc) is 3.14. The predicted octanol–water partition coefficient (Wildman–Crippen LogP) is -0.0352. The first-order valence-electron chi connectivity index (χ1n) is 5.72. The zero-order chi connectivity index (χ0) is 14.0. The summed E-state index contributed by atoms with van der Waals surface area (Å²) in [6.45, 7) is -0.370. The molecule has 1 fully saturated rings. The van der Waals surface area contributed by atoms with Crippen molar-refractivity contribution >= 4 is 21.6 Å². The predicted molar refractivity (Wildman–Crippen MR) is 67.2 cm³/mol. The first kappa shape index (κ1) is 13.8. The summed E-state index contributed by atoms with van der Waals surface area (Å²) in [4.78, 5) is 11.1. The lowest BCUT2D eigenvalue weighted by Crippen LogP contribution is -2.37. The Morgan fingerprint density at radius 1 is 1.42 bits per heavy atom. The lowest BCUT2D eigenvalue weighted by Gasteiger charge is -2.07. The lowest BCUT2D eigenvalue weighted by molar-refractivity contribution is -0.120. The molecule has 1 amide bonds. The van der Waals surface area contributed by atoms with Gasteiger partial charge in [0.1, 0.15) is 5.82 Å². The van der Waals surface area contributed by atoms with Crippen molar-refractivity contribution in [1.29, 1.82) is 0 Å². The molecule has 0 aromatic heterocycles. The molecule has 6 nitrogen and oxygen atoms in total. The van der Waals surface area contributed by atoms with Crippen molar-refractivity contribution in [3.63, 3.8) is 0 Å². The summed E-state index contributed by atoms with van der Waals surface area (Å²) in [5.74, 6) is -1.22. The minimum Gasteiger partial charge on any atom is -0.396 e. The number of hydrogen-bond donors (Lipinski definition) is 3. The van der Waals surface area contributed by atoms with Crippen LogP contribution in [0.5, 0.6) is 0 Å². The Morgan fingerprint density at radius 3 is 2.68 bits per heavy atom. The van der Waals surface area contributed by atoms with Crippen LogP contribution in [0.25, 0.3) is 0 Å². The Balaban J connectivity index is 2.00. The molecule has 1 saturated carbocycles. The van der Waals surface area contributed by atoms with Crippen LogP contribution in [-0.4, -0.2) is 26.9 Å². The van der Waals surface area contributed by atoms with Crippen LogP contribution < -0.4 is 15.8 Å². The molecule has 0 aliphatic heterocycles. The van der Waals surface area contributed by atoms with Crippen LogP contribution in [0.4, 0.5) is 10.1 Å². The maximum Gasteiger partial charge on any atom is 0.241 e. The molecular weight excluding hydrogens is 273 g/mol. The highest BCUT2D eigenvalue weighted by atomic mass is 32.2. The number of nitrogens with two attached hydrogens (primary N) is 1. The van der Waals surface area contributed by atoms with E-state index in [1.54, 1.807) is 0 Å². The number of carbonyl (C=O) groups excluding carboxylic acids is 1. The maximum absolute atomic E-state index is 13.2. The molecule has 1 aliphatic rings. The second kappa shape index (κ2) is 5.14. The van der Waals surface area contributed by atoms with Gasteiger partial charge in [-0.15, -0.1) is 0 Å². The molecule has 8 heteroatoms. The molecule has 4 N–H and O–H groups in total. The number of nitrogens with one attached hydrogen (secondary N) is 2. The van der Waals surface area contributed by atoms with Crippen molar-refractivity contribution < 1.29 is 17.6 Å². The number of hydrogen-bond acceptors (Lipinski definition) is 4. The molecule has 2 rings (SSSR count). The topological polar surface area (TPSA) is 101 Å². The molecule has 0 unspecified atom stereocenters. The molecule has 104 valence electrons. The number of sulfonamides is 1. The van der Waals surface area contributed by atoms with Crippen LogP contribution in [0.1, 0.15) is 12.8 Å². The number of benzene rings is 1. The number of amides is 1. The summed E-state index contributed by atoms with van der Waals surface area (Å²) in [7, 11) is -3.92. The summed E-state index contributed by atoms with van der Waals surface area (Å²) in [5.41, 5.74) is 5.13.